The van der Waals surface area contributed by atoms with Gasteiger partial charge in [0.05, 0.1) is 19.9 Å². The summed E-state index contributed by atoms with van der Waals surface area (Å²) in [5.74, 6) is 1.70. The zero-order chi connectivity index (χ0) is 17.9. The van der Waals surface area contributed by atoms with Gasteiger partial charge in [0, 0.05) is 12.7 Å². The number of aromatic nitrogens is 1. The Bertz CT molecular complexity index is 823. The van der Waals surface area contributed by atoms with Crippen LogP contribution in [0.15, 0.2) is 47.6 Å². The van der Waals surface area contributed by atoms with Gasteiger partial charge in [0.25, 0.3) is 0 Å². The molecule has 7 nitrogen and oxygen atoms in total. The van der Waals surface area contributed by atoms with Crippen LogP contribution in [0.3, 0.4) is 0 Å². The Balaban J connectivity index is 1.78. The Labute approximate surface area is 147 Å². The van der Waals surface area contributed by atoms with Crippen molar-refractivity contribution in [2.75, 3.05) is 26.8 Å². The SMILES string of the molecule is CCN1CC(COc2ccc(OC)cc2)Oc2ccncc2S1(=O)=O. The Morgan fingerprint density at radius 1 is 1.24 bits per heavy atom. The van der Waals surface area contributed by atoms with E-state index in [4.69, 9.17) is 14.2 Å². The number of fused-ring (bicyclic) bond motifs is 1. The molecule has 0 spiro atoms. The van der Waals surface area contributed by atoms with E-state index < -0.39 is 16.1 Å². The molecule has 25 heavy (non-hydrogen) atoms. The molecule has 0 fully saturated rings. The van der Waals surface area contributed by atoms with Gasteiger partial charge in [-0.3, -0.25) is 4.98 Å². The summed E-state index contributed by atoms with van der Waals surface area (Å²) < 4.78 is 43.5. The fraction of sp³-hybridized carbons (Fsp3) is 0.353. The Morgan fingerprint density at radius 3 is 2.64 bits per heavy atom. The predicted molar refractivity (Wildman–Crippen MR) is 91.6 cm³/mol. The van der Waals surface area contributed by atoms with E-state index in [9.17, 15) is 8.42 Å². The molecule has 0 N–H and O–H groups in total. The van der Waals surface area contributed by atoms with Gasteiger partial charge in [-0.2, -0.15) is 4.31 Å². The van der Waals surface area contributed by atoms with Crippen LogP contribution in [-0.4, -0.2) is 50.6 Å². The van der Waals surface area contributed by atoms with E-state index in [-0.39, 0.29) is 18.0 Å². The third-order valence-electron chi connectivity index (χ3n) is 3.91. The Kier molecular flexibility index (Phi) is 5.10. The third kappa shape index (κ3) is 3.69. The summed E-state index contributed by atoms with van der Waals surface area (Å²) in [5, 5.41) is 0. The van der Waals surface area contributed by atoms with Crippen molar-refractivity contribution in [2.45, 2.75) is 17.9 Å². The molecule has 134 valence electrons. The van der Waals surface area contributed by atoms with E-state index in [0.29, 0.717) is 18.0 Å². The van der Waals surface area contributed by atoms with Crippen molar-refractivity contribution < 1.29 is 22.6 Å². The second-order valence-corrected chi connectivity index (χ2v) is 7.41. The fourth-order valence-corrected chi connectivity index (χ4v) is 4.13. The van der Waals surface area contributed by atoms with E-state index in [0.717, 1.165) is 5.75 Å². The van der Waals surface area contributed by atoms with Gasteiger partial charge in [-0.25, -0.2) is 8.42 Å². The lowest BCUT2D eigenvalue weighted by Gasteiger charge is -2.21. The monoisotopic (exact) mass is 364 g/mol. The number of sulfonamides is 1. The zero-order valence-electron chi connectivity index (χ0n) is 14.1. The van der Waals surface area contributed by atoms with Crippen LogP contribution < -0.4 is 14.2 Å². The third-order valence-corrected chi connectivity index (χ3v) is 5.86. The van der Waals surface area contributed by atoms with Crippen LogP contribution in [0.2, 0.25) is 0 Å². The summed E-state index contributed by atoms with van der Waals surface area (Å²) in [6.07, 6.45) is 2.40. The average molecular weight is 364 g/mol. The maximum atomic E-state index is 12.7. The quantitative estimate of drug-likeness (QED) is 0.807. The second-order valence-electron chi connectivity index (χ2n) is 5.50. The smallest absolute Gasteiger partial charge is 0.248 e. The average Bonchev–Trinajstić information content (AvgIpc) is 2.74. The second kappa shape index (κ2) is 7.28. The molecule has 8 heteroatoms. The van der Waals surface area contributed by atoms with Gasteiger partial charge in [-0.15, -0.1) is 0 Å². The maximum Gasteiger partial charge on any atom is 0.248 e. The molecule has 0 radical (unpaired) electrons. The normalized spacial score (nSPS) is 19.4. The molecule has 1 aromatic carbocycles. The maximum absolute atomic E-state index is 12.7. The van der Waals surface area contributed by atoms with Crippen LogP contribution in [0.5, 0.6) is 17.2 Å². The lowest BCUT2D eigenvalue weighted by molar-refractivity contribution is 0.113. The lowest BCUT2D eigenvalue weighted by Crippen LogP contribution is -2.39. The van der Waals surface area contributed by atoms with Crippen LogP contribution in [0.1, 0.15) is 6.92 Å². The van der Waals surface area contributed by atoms with Crippen LogP contribution in [0.4, 0.5) is 0 Å². The topological polar surface area (TPSA) is 78.0 Å². The number of likely N-dealkylation sites (N-methyl/N-ethyl adjacent to an activating group) is 1. The summed E-state index contributed by atoms with van der Waals surface area (Å²) in [5.41, 5.74) is 0. The van der Waals surface area contributed by atoms with E-state index in [1.807, 2.05) is 0 Å². The molecule has 3 rings (SSSR count). The van der Waals surface area contributed by atoms with Crippen LogP contribution in [-0.2, 0) is 10.0 Å². The van der Waals surface area contributed by atoms with Crippen LogP contribution >= 0.6 is 0 Å². The predicted octanol–water partition coefficient (Wildman–Crippen LogP) is 1.94. The van der Waals surface area contributed by atoms with E-state index in [1.54, 1.807) is 44.4 Å². The first kappa shape index (κ1) is 17.5. The van der Waals surface area contributed by atoms with Crippen LogP contribution in [0, 0.1) is 0 Å². The minimum Gasteiger partial charge on any atom is -0.497 e. The number of ether oxygens (including phenoxy) is 3. The van der Waals surface area contributed by atoms with E-state index in [1.165, 1.54) is 16.7 Å². The molecule has 1 unspecified atom stereocenters. The summed E-state index contributed by atoms with van der Waals surface area (Å²) in [4.78, 5) is 4.00. The number of hydrogen-bond donors (Lipinski definition) is 0. The van der Waals surface area contributed by atoms with Crippen molar-refractivity contribution in [3.63, 3.8) is 0 Å². The summed E-state index contributed by atoms with van der Waals surface area (Å²) in [6.45, 7) is 2.57. The summed E-state index contributed by atoms with van der Waals surface area (Å²) in [7, 11) is -2.02. The van der Waals surface area contributed by atoms with Gasteiger partial charge in [-0.05, 0) is 30.3 Å². The molecule has 0 bridgehead atoms. The first-order chi connectivity index (χ1) is 12.0. The highest BCUT2D eigenvalue weighted by Crippen LogP contribution is 2.30. The van der Waals surface area contributed by atoms with Crippen molar-refractivity contribution in [1.29, 1.82) is 0 Å². The Hall–Kier alpha value is -2.32. The molecule has 1 aliphatic rings. The molecule has 0 aliphatic carbocycles. The summed E-state index contributed by atoms with van der Waals surface area (Å²) in [6, 6.07) is 8.75. The Morgan fingerprint density at radius 2 is 1.96 bits per heavy atom. The van der Waals surface area contributed by atoms with E-state index >= 15 is 0 Å². The number of methoxy groups -OCH3 is 1. The standard InChI is InChI=1S/C17H20N2O5S/c1-3-19-11-15(12-23-14-6-4-13(22-2)5-7-14)24-16-8-9-18-10-17(16)25(19,20)21/h4-10,15H,3,11-12H2,1-2H3. The molecular weight excluding hydrogens is 344 g/mol. The number of benzene rings is 1. The van der Waals surface area contributed by atoms with Crippen molar-refractivity contribution in [3.8, 4) is 17.2 Å². The van der Waals surface area contributed by atoms with Gasteiger partial charge >= 0.3 is 0 Å². The molecule has 1 aromatic heterocycles. The first-order valence-corrected chi connectivity index (χ1v) is 9.36. The van der Waals surface area contributed by atoms with Gasteiger partial charge in [0.2, 0.25) is 10.0 Å². The van der Waals surface area contributed by atoms with Crippen LogP contribution in [0.25, 0.3) is 0 Å². The first-order valence-electron chi connectivity index (χ1n) is 7.92. The molecule has 2 aromatic rings. The van der Waals surface area contributed by atoms with E-state index in [2.05, 4.69) is 4.98 Å². The van der Waals surface area contributed by atoms with Crippen molar-refractivity contribution in [2.24, 2.45) is 0 Å². The zero-order valence-corrected chi connectivity index (χ0v) is 14.9. The minimum atomic E-state index is -3.62. The highest BCUT2D eigenvalue weighted by molar-refractivity contribution is 7.89. The van der Waals surface area contributed by atoms with Gasteiger partial charge in [0.15, 0.2) is 0 Å². The number of rotatable bonds is 5. The van der Waals surface area contributed by atoms with Gasteiger partial charge < -0.3 is 14.2 Å². The molecule has 2 heterocycles. The van der Waals surface area contributed by atoms with Crippen molar-refractivity contribution in [3.05, 3.63) is 42.7 Å². The molecule has 0 saturated heterocycles. The molecule has 0 saturated carbocycles. The number of nitrogens with zero attached hydrogens (tertiary/aromatic N) is 2. The van der Waals surface area contributed by atoms with Crippen molar-refractivity contribution >= 4 is 10.0 Å². The molecule has 1 atom stereocenters. The van der Waals surface area contributed by atoms with Crippen molar-refractivity contribution in [1.82, 2.24) is 9.29 Å². The highest BCUT2D eigenvalue weighted by Gasteiger charge is 2.34. The molecular formula is C17H20N2O5S. The molecule has 0 amide bonds. The molecule has 1 aliphatic heterocycles. The lowest BCUT2D eigenvalue weighted by atomic mass is 10.3. The van der Waals surface area contributed by atoms with Gasteiger partial charge in [0.1, 0.15) is 34.9 Å². The number of pyridine rings is 1. The summed E-state index contributed by atoms with van der Waals surface area (Å²) >= 11 is 0. The largest absolute Gasteiger partial charge is 0.497 e. The highest BCUT2D eigenvalue weighted by atomic mass is 32.2. The minimum absolute atomic E-state index is 0.0868. The number of hydrogen-bond acceptors (Lipinski definition) is 6. The fourth-order valence-electron chi connectivity index (χ4n) is 2.59. The van der Waals surface area contributed by atoms with Gasteiger partial charge in [-0.1, -0.05) is 6.92 Å².